The van der Waals surface area contributed by atoms with Gasteiger partial charge in [-0.1, -0.05) is 12.1 Å². The molecule has 0 bridgehead atoms. The van der Waals surface area contributed by atoms with E-state index in [1.165, 1.54) is 0 Å². The number of fused-ring (bicyclic) bond motifs is 1. The molecular formula is C11H9NO3. The maximum Gasteiger partial charge on any atom is 0.323 e. The first-order valence-electron chi connectivity index (χ1n) is 4.47. The molecule has 0 radical (unpaired) electrons. The van der Waals surface area contributed by atoms with Crippen LogP contribution >= 0.6 is 0 Å². The van der Waals surface area contributed by atoms with Crippen molar-refractivity contribution in [3.8, 4) is 0 Å². The number of nitrogens with zero attached hydrogens (tertiary/aromatic N) is 1. The summed E-state index contributed by atoms with van der Waals surface area (Å²) in [4.78, 5) is 21.4. The third kappa shape index (κ3) is 1.61. The van der Waals surface area contributed by atoms with Crippen LogP contribution in [0.1, 0.15) is 10.4 Å². The molecule has 2 aromatic rings. The predicted octanol–water partition coefficient (Wildman–Crippen LogP) is 1.54. The maximum atomic E-state index is 10.8. The lowest BCUT2D eigenvalue weighted by atomic mass is 10.1. The Hall–Kier alpha value is -2.10. The van der Waals surface area contributed by atoms with Gasteiger partial charge in [-0.25, -0.2) is 0 Å². The maximum absolute atomic E-state index is 10.8. The molecule has 0 amide bonds. The minimum Gasteiger partial charge on any atom is -0.480 e. The Balaban J connectivity index is 2.65. The quantitative estimate of drug-likeness (QED) is 0.769. The van der Waals surface area contributed by atoms with Gasteiger partial charge in [0.15, 0.2) is 6.29 Å². The van der Waals surface area contributed by atoms with Crippen molar-refractivity contribution in [2.45, 2.75) is 6.54 Å². The van der Waals surface area contributed by atoms with E-state index in [2.05, 4.69) is 0 Å². The van der Waals surface area contributed by atoms with Crippen LogP contribution in [0.15, 0.2) is 30.5 Å². The minimum atomic E-state index is -0.923. The molecule has 2 rings (SSSR count). The fraction of sp³-hybridized carbons (Fsp3) is 0.0909. The summed E-state index contributed by atoms with van der Waals surface area (Å²) < 4.78 is 1.56. The van der Waals surface area contributed by atoms with E-state index in [9.17, 15) is 9.59 Å². The zero-order chi connectivity index (χ0) is 10.8. The molecule has 4 nitrogen and oxygen atoms in total. The molecule has 76 valence electrons. The minimum absolute atomic E-state index is 0.131. The molecule has 0 fully saturated rings. The van der Waals surface area contributed by atoms with Gasteiger partial charge in [0.25, 0.3) is 0 Å². The molecule has 0 saturated heterocycles. The monoisotopic (exact) mass is 203 g/mol. The van der Waals surface area contributed by atoms with Crippen molar-refractivity contribution in [1.29, 1.82) is 0 Å². The average Bonchev–Trinajstić information content (AvgIpc) is 2.61. The Morgan fingerprint density at radius 3 is 2.87 bits per heavy atom. The van der Waals surface area contributed by atoms with Gasteiger partial charge in [0.1, 0.15) is 6.54 Å². The van der Waals surface area contributed by atoms with Crippen molar-refractivity contribution >= 4 is 23.2 Å². The summed E-state index contributed by atoms with van der Waals surface area (Å²) in [5.41, 5.74) is 1.19. The van der Waals surface area contributed by atoms with Crippen molar-refractivity contribution < 1.29 is 14.7 Å². The fourth-order valence-electron chi connectivity index (χ4n) is 1.66. The molecule has 1 aromatic carbocycles. The number of carbonyl (C=O) groups excluding carboxylic acids is 1. The van der Waals surface area contributed by atoms with E-state index < -0.39 is 5.97 Å². The van der Waals surface area contributed by atoms with E-state index in [0.717, 1.165) is 11.7 Å². The SMILES string of the molecule is O=Cc1cccc2ccn(CC(=O)O)c12. The molecule has 1 aromatic heterocycles. The topological polar surface area (TPSA) is 59.3 Å². The molecule has 0 aliphatic carbocycles. The summed E-state index contributed by atoms with van der Waals surface area (Å²) >= 11 is 0. The molecule has 1 heterocycles. The lowest BCUT2D eigenvalue weighted by molar-refractivity contribution is -0.137. The van der Waals surface area contributed by atoms with Crippen LogP contribution in [0.4, 0.5) is 0 Å². The highest BCUT2D eigenvalue weighted by molar-refractivity contribution is 5.96. The molecule has 0 spiro atoms. The number of aromatic nitrogens is 1. The molecular weight excluding hydrogens is 194 g/mol. The third-order valence-electron chi connectivity index (χ3n) is 2.25. The van der Waals surface area contributed by atoms with Crippen LogP contribution in [0.2, 0.25) is 0 Å². The van der Waals surface area contributed by atoms with Crippen LogP contribution in [0, 0.1) is 0 Å². The number of hydrogen-bond donors (Lipinski definition) is 1. The number of benzene rings is 1. The van der Waals surface area contributed by atoms with E-state index in [-0.39, 0.29) is 6.54 Å². The van der Waals surface area contributed by atoms with Gasteiger partial charge in [0.2, 0.25) is 0 Å². The number of carbonyl (C=O) groups is 2. The predicted molar refractivity (Wildman–Crippen MR) is 55.0 cm³/mol. The molecule has 0 aliphatic rings. The van der Waals surface area contributed by atoms with Crippen LogP contribution in [0.5, 0.6) is 0 Å². The first-order chi connectivity index (χ1) is 7.22. The Morgan fingerprint density at radius 2 is 2.20 bits per heavy atom. The summed E-state index contributed by atoms with van der Waals surface area (Å²) in [6, 6.07) is 7.09. The standard InChI is InChI=1S/C11H9NO3/c13-7-9-3-1-2-8-4-5-12(11(8)9)6-10(14)15/h1-5,7H,6H2,(H,14,15). The first kappa shape index (κ1) is 9.45. The highest BCUT2D eigenvalue weighted by Crippen LogP contribution is 2.18. The van der Waals surface area contributed by atoms with Crippen molar-refractivity contribution in [3.05, 3.63) is 36.0 Å². The lowest BCUT2D eigenvalue weighted by Crippen LogP contribution is -2.08. The molecule has 0 saturated carbocycles. The summed E-state index contributed by atoms with van der Waals surface area (Å²) in [5.74, 6) is -0.923. The van der Waals surface area contributed by atoms with Gasteiger partial charge in [-0.2, -0.15) is 0 Å². The van der Waals surface area contributed by atoms with Crippen LogP contribution in [0.3, 0.4) is 0 Å². The van der Waals surface area contributed by atoms with Crippen LogP contribution in [-0.4, -0.2) is 21.9 Å². The molecule has 1 N–H and O–H groups in total. The van der Waals surface area contributed by atoms with Gasteiger partial charge in [-0.05, 0) is 12.1 Å². The van der Waals surface area contributed by atoms with Gasteiger partial charge in [0, 0.05) is 17.1 Å². The van der Waals surface area contributed by atoms with Crippen molar-refractivity contribution in [1.82, 2.24) is 4.57 Å². The van der Waals surface area contributed by atoms with Gasteiger partial charge in [0.05, 0.1) is 5.52 Å². The zero-order valence-electron chi connectivity index (χ0n) is 7.88. The normalized spacial score (nSPS) is 10.4. The second-order valence-electron chi connectivity index (χ2n) is 3.24. The number of para-hydroxylation sites is 1. The lowest BCUT2D eigenvalue weighted by Gasteiger charge is -2.03. The number of carboxylic acids is 1. The Kier molecular flexibility index (Phi) is 2.25. The van der Waals surface area contributed by atoms with Crippen LogP contribution in [-0.2, 0) is 11.3 Å². The Labute approximate surface area is 85.7 Å². The zero-order valence-corrected chi connectivity index (χ0v) is 7.88. The summed E-state index contributed by atoms with van der Waals surface area (Å²) in [6.45, 7) is -0.131. The van der Waals surface area contributed by atoms with E-state index in [1.54, 1.807) is 29.0 Å². The summed E-state index contributed by atoms with van der Waals surface area (Å²) in [6.07, 6.45) is 2.41. The van der Waals surface area contributed by atoms with E-state index >= 15 is 0 Å². The number of carboxylic acid groups (broad SMARTS) is 1. The van der Waals surface area contributed by atoms with Crippen molar-refractivity contribution in [2.24, 2.45) is 0 Å². The average molecular weight is 203 g/mol. The van der Waals surface area contributed by atoms with Gasteiger partial charge >= 0.3 is 5.97 Å². The van der Waals surface area contributed by atoms with Crippen molar-refractivity contribution in [2.75, 3.05) is 0 Å². The molecule has 4 heteroatoms. The number of rotatable bonds is 3. The Bertz CT molecular complexity index is 528. The van der Waals surface area contributed by atoms with E-state index in [1.807, 2.05) is 6.07 Å². The summed E-state index contributed by atoms with van der Waals surface area (Å²) in [5, 5.41) is 9.57. The molecule has 0 atom stereocenters. The second-order valence-corrected chi connectivity index (χ2v) is 3.24. The number of aldehydes is 1. The van der Waals surface area contributed by atoms with E-state index in [0.29, 0.717) is 11.1 Å². The smallest absolute Gasteiger partial charge is 0.323 e. The van der Waals surface area contributed by atoms with Gasteiger partial charge < -0.3 is 9.67 Å². The Morgan fingerprint density at radius 1 is 1.40 bits per heavy atom. The molecule has 15 heavy (non-hydrogen) atoms. The second kappa shape index (κ2) is 3.57. The van der Waals surface area contributed by atoms with Crippen LogP contribution < -0.4 is 0 Å². The molecule has 0 unspecified atom stereocenters. The first-order valence-corrected chi connectivity index (χ1v) is 4.47. The fourth-order valence-corrected chi connectivity index (χ4v) is 1.66. The largest absolute Gasteiger partial charge is 0.480 e. The third-order valence-corrected chi connectivity index (χ3v) is 2.25. The number of hydrogen-bond acceptors (Lipinski definition) is 2. The van der Waals surface area contributed by atoms with Crippen molar-refractivity contribution in [3.63, 3.8) is 0 Å². The summed E-state index contributed by atoms with van der Waals surface area (Å²) in [7, 11) is 0. The number of aliphatic carboxylic acids is 1. The highest BCUT2D eigenvalue weighted by atomic mass is 16.4. The highest BCUT2D eigenvalue weighted by Gasteiger charge is 2.07. The van der Waals surface area contributed by atoms with E-state index in [4.69, 9.17) is 5.11 Å². The van der Waals surface area contributed by atoms with Gasteiger partial charge in [-0.3, -0.25) is 9.59 Å². The molecule has 0 aliphatic heterocycles. The van der Waals surface area contributed by atoms with Crippen LogP contribution in [0.25, 0.3) is 10.9 Å². The van der Waals surface area contributed by atoms with Gasteiger partial charge in [-0.15, -0.1) is 0 Å².